The van der Waals surface area contributed by atoms with E-state index in [-0.39, 0.29) is 6.23 Å². The molecule has 1 fully saturated rings. The summed E-state index contributed by atoms with van der Waals surface area (Å²) < 4.78 is 13.1. The predicted octanol–water partition coefficient (Wildman–Crippen LogP) is 4.39. The van der Waals surface area contributed by atoms with Crippen LogP contribution in [0.15, 0.2) is 18.3 Å². The van der Waals surface area contributed by atoms with Crippen molar-refractivity contribution in [3.8, 4) is 0 Å². The molecule has 0 aliphatic carbocycles. The van der Waals surface area contributed by atoms with Gasteiger partial charge >= 0.3 is 6.09 Å². The van der Waals surface area contributed by atoms with E-state index in [2.05, 4.69) is 10.4 Å². The second kappa shape index (κ2) is 6.43. The average molecular weight is 331 g/mol. The van der Waals surface area contributed by atoms with Crippen LogP contribution in [-0.4, -0.2) is 28.1 Å². The van der Waals surface area contributed by atoms with Gasteiger partial charge in [0, 0.05) is 12.0 Å². The van der Waals surface area contributed by atoms with E-state index >= 15 is 0 Å². The number of carbonyl (C=O) groups excluding carboxylic acids is 1. The summed E-state index contributed by atoms with van der Waals surface area (Å²) in [7, 11) is 0. The van der Waals surface area contributed by atoms with Gasteiger partial charge in [-0.15, -0.1) is 0 Å². The topological polar surface area (TPSA) is 65.4 Å². The highest BCUT2D eigenvalue weighted by molar-refractivity contribution is 6.00. The summed E-state index contributed by atoms with van der Waals surface area (Å²) in [5.41, 5.74) is 2.27. The molecule has 1 saturated heterocycles. The number of rotatable bonds is 2. The molecule has 1 aromatic carbocycles. The summed E-state index contributed by atoms with van der Waals surface area (Å²) in [6.07, 6.45) is 4.48. The van der Waals surface area contributed by atoms with Crippen molar-refractivity contribution in [3.63, 3.8) is 0 Å². The maximum Gasteiger partial charge on any atom is 0.412 e. The number of hydrogen-bond donors (Lipinski definition) is 1. The zero-order chi connectivity index (χ0) is 17.3. The van der Waals surface area contributed by atoms with Crippen molar-refractivity contribution in [2.24, 2.45) is 0 Å². The number of ether oxygens (including phenoxy) is 2. The quantitative estimate of drug-likeness (QED) is 0.886. The van der Waals surface area contributed by atoms with Crippen molar-refractivity contribution >= 4 is 22.7 Å². The molecule has 1 N–H and O–H groups in total. The first-order chi connectivity index (χ1) is 11.3. The van der Waals surface area contributed by atoms with Crippen molar-refractivity contribution < 1.29 is 14.3 Å². The maximum atomic E-state index is 12.1. The molecular formula is C18H25N3O3. The van der Waals surface area contributed by atoms with Gasteiger partial charge in [0.1, 0.15) is 5.60 Å². The van der Waals surface area contributed by atoms with Crippen LogP contribution in [0.5, 0.6) is 0 Å². The van der Waals surface area contributed by atoms with Gasteiger partial charge in [-0.1, -0.05) is 6.07 Å². The molecule has 24 heavy (non-hydrogen) atoms. The van der Waals surface area contributed by atoms with Gasteiger partial charge in [0.2, 0.25) is 0 Å². The Morgan fingerprint density at radius 1 is 1.38 bits per heavy atom. The van der Waals surface area contributed by atoms with Crippen LogP contribution in [0.25, 0.3) is 10.9 Å². The zero-order valence-corrected chi connectivity index (χ0v) is 14.8. The summed E-state index contributed by atoms with van der Waals surface area (Å²) in [5.74, 6) is 0. The highest BCUT2D eigenvalue weighted by Gasteiger charge is 2.22. The summed E-state index contributed by atoms with van der Waals surface area (Å²) in [4.78, 5) is 12.1. The lowest BCUT2D eigenvalue weighted by Crippen LogP contribution is -2.27. The Morgan fingerprint density at radius 2 is 2.17 bits per heavy atom. The predicted molar refractivity (Wildman–Crippen MR) is 93.2 cm³/mol. The van der Waals surface area contributed by atoms with Gasteiger partial charge in [-0.25, -0.2) is 9.48 Å². The van der Waals surface area contributed by atoms with E-state index in [1.54, 1.807) is 6.20 Å². The van der Waals surface area contributed by atoms with E-state index in [9.17, 15) is 4.79 Å². The second-order valence-corrected chi connectivity index (χ2v) is 7.23. The molecule has 0 spiro atoms. The molecule has 1 unspecified atom stereocenters. The molecule has 3 rings (SSSR count). The number of aromatic nitrogens is 2. The van der Waals surface area contributed by atoms with Crippen molar-refractivity contribution in [2.75, 3.05) is 11.9 Å². The van der Waals surface area contributed by atoms with Gasteiger partial charge in [-0.05, 0) is 58.6 Å². The van der Waals surface area contributed by atoms with E-state index in [1.807, 2.05) is 44.5 Å². The number of carbonyl (C=O) groups is 1. The Balaban J connectivity index is 1.92. The molecule has 1 aliphatic heterocycles. The van der Waals surface area contributed by atoms with Crippen molar-refractivity contribution in [3.05, 3.63) is 23.9 Å². The lowest BCUT2D eigenvalue weighted by Gasteiger charge is -2.24. The monoisotopic (exact) mass is 331 g/mol. The summed E-state index contributed by atoms with van der Waals surface area (Å²) >= 11 is 0. The fourth-order valence-corrected chi connectivity index (χ4v) is 2.99. The minimum atomic E-state index is -0.534. The molecule has 1 atom stereocenters. The van der Waals surface area contributed by atoms with Gasteiger partial charge in [-0.2, -0.15) is 5.10 Å². The number of anilines is 1. The van der Waals surface area contributed by atoms with Crippen LogP contribution >= 0.6 is 0 Å². The van der Waals surface area contributed by atoms with Crippen LogP contribution in [0.1, 0.15) is 51.8 Å². The first-order valence-corrected chi connectivity index (χ1v) is 8.43. The smallest absolute Gasteiger partial charge is 0.412 e. The van der Waals surface area contributed by atoms with E-state index in [1.165, 1.54) is 0 Å². The Kier molecular flexibility index (Phi) is 4.49. The van der Waals surface area contributed by atoms with Crippen molar-refractivity contribution in [1.82, 2.24) is 9.78 Å². The van der Waals surface area contributed by atoms with E-state index in [4.69, 9.17) is 9.47 Å². The maximum absolute atomic E-state index is 12.1. The van der Waals surface area contributed by atoms with Gasteiger partial charge in [-0.3, -0.25) is 5.32 Å². The van der Waals surface area contributed by atoms with Crippen LogP contribution in [0.3, 0.4) is 0 Å². The molecule has 0 saturated carbocycles. The van der Waals surface area contributed by atoms with Crippen LogP contribution in [0.2, 0.25) is 0 Å². The molecule has 0 radical (unpaired) electrons. The minimum Gasteiger partial charge on any atom is -0.444 e. The molecule has 6 heteroatoms. The molecule has 2 heterocycles. The summed E-state index contributed by atoms with van der Waals surface area (Å²) in [5, 5.41) is 8.25. The van der Waals surface area contributed by atoms with Crippen molar-refractivity contribution in [1.29, 1.82) is 0 Å². The third-order valence-electron chi connectivity index (χ3n) is 4.02. The summed E-state index contributed by atoms with van der Waals surface area (Å²) in [6.45, 7) is 8.34. The van der Waals surface area contributed by atoms with Gasteiger partial charge in [0.25, 0.3) is 0 Å². The second-order valence-electron chi connectivity index (χ2n) is 7.23. The highest BCUT2D eigenvalue weighted by atomic mass is 16.6. The Bertz CT molecular complexity index is 740. The Hall–Kier alpha value is -2.08. The minimum absolute atomic E-state index is 0.0354. The molecular weight excluding hydrogens is 306 g/mol. The number of nitrogens with zero attached hydrogens (tertiary/aromatic N) is 2. The van der Waals surface area contributed by atoms with Gasteiger partial charge in [0.05, 0.1) is 17.4 Å². The van der Waals surface area contributed by atoms with E-state index in [0.29, 0.717) is 5.69 Å². The average Bonchev–Trinajstić information content (AvgIpc) is 2.95. The SMILES string of the molecule is Cc1ccc(NC(=O)OC(C)(C)C)c2cnn(C3CCCCO3)c12. The van der Waals surface area contributed by atoms with Crippen LogP contribution in [-0.2, 0) is 9.47 Å². The number of nitrogens with one attached hydrogen (secondary N) is 1. The largest absolute Gasteiger partial charge is 0.444 e. The zero-order valence-electron chi connectivity index (χ0n) is 14.8. The fraction of sp³-hybridized carbons (Fsp3) is 0.556. The number of aryl methyl sites for hydroxylation is 1. The molecule has 2 aromatic rings. The van der Waals surface area contributed by atoms with Crippen LogP contribution < -0.4 is 5.32 Å². The lowest BCUT2D eigenvalue weighted by molar-refractivity contribution is -0.0367. The van der Waals surface area contributed by atoms with Crippen molar-refractivity contribution in [2.45, 2.75) is 58.8 Å². The van der Waals surface area contributed by atoms with Gasteiger partial charge < -0.3 is 9.47 Å². The molecule has 1 amide bonds. The van der Waals surface area contributed by atoms with Crippen LogP contribution in [0.4, 0.5) is 10.5 Å². The van der Waals surface area contributed by atoms with E-state index in [0.717, 1.165) is 42.3 Å². The van der Waals surface area contributed by atoms with Gasteiger partial charge in [0.15, 0.2) is 6.23 Å². The third-order valence-corrected chi connectivity index (χ3v) is 4.02. The first-order valence-electron chi connectivity index (χ1n) is 8.43. The number of fused-ring (bicyclic) bond motifs is 1. The number of benzene rings is 1. The van der Waals surface area contributed by atoms with Crippen LogP contribution in [0, 0.1) is 6.92 Å². The first kappa shape index (κ1) is 16.8. The molecule has 1 aromatic heterocycles. The molecule has 130 valence electrons. The highest BCUT2D eigenvalue weighted by Crippen LogP contribution is 2.31. The number of amides is 1. The standard InChI is InChI=1S/C18H25N3O3/c1-12-8-9-14(20-17(22)24-18(2,3)4)13-11-19-21(16(12)13)15-7-5-6-10-23-15/h8-9,11,15H,5-7,10H2,1-4H3,(H,20,22). The third kappa shape index (κ3) is 3.53. The molecule has 1 aliphatic rings. The Morgan fingerprint density at radius 3 is 2.83 bits per heavy atom. The Labute approximate surface area is 142 Å². The normalized spacial score (nSPS) is 18.6. The summed E-state index contributed by atoms with van der Waals surface area (Å²) in [6, 6.07) is 3.87. The number of hydrogen-bond acceptors (Lipinski definition) is 4. The fourth-order valence-electron chi connectivity index (χ4n) is 2.99. The van der Waals surface area contributed by atoms with E-state index < -0.39 is 11.7 Å². The lowest BCUT2D eigenvalue weighted by atomic mass is 10.1. The molecule has 6 nitrogen and oxygen atoms in total. The molecule has 0 bridgehead atoms.